The number of hydrogen-bond acceptors (Lipinski definition) is 4. The number of imidazole rings is 1. The smallest absolute Gasteiger partial charge is 0.233 e. The molecule has 1 aromatic heterocycles. The molecule has 0 aliphatic carbocycles. The molecule has 0 saturated carbocycles. The highest BCUT2D eigenvalue weighted by Gasteiger charge is 2.13. The number of amides is 1. The van der Waals surface area contributed by atoms with Crippen molar-refractivity contribution in [1.82, 2.24) is 14.9 Å². The molecule has 0 aliphatic rings. The molecule has 0 bridgehead atoms. The zero-order valence-electron chi connectivity index (χ0n) is 14.8. The third-order valence-electron chi connectivity index (χ3n) is 4.00. The van der Waals surface area contributed by atoms with E-state index in [4.69, 9.17) is 4.74 Å². The van der Waals surface area contributed by atoms with Gasteiger partial charge in [0.15, 0.2) is 5.16 Å². The third-order valence-corrected chi connectivity index (χ3v) is 4.87. The van der Waals surface area contributed by atoms with Crippen LogP contribution in [0.3, 0.4) is 0 Å². The van der Waals surface area contributed by atoms with Gasteiger partial charge in [-0.25, -0.2) is 4.98 Å². The average Bonchev–Trinajstić information content (AvgIpc) is 3.16. The molecule has 1 N–H and O–H groups in total. The maximum atomic E-state index is 12.4. The highest BCUT2D eigenvalue weighted by molar-refractivity contribution is 7.99. The fourth-order valence-corrected chi connectivity index (χ4v) is 3.35. The number of H-pyrrole nitrogens is 1. The molecular weight excluding hydrogens is 346 g/mol. The van der Waals surface area contributed by atoms with Crippen LogP contribution in [-0.4, -0.2) is 40.7 Å². The zero-order chi connectivity index (χ0) is 18.4. The first-order valence-corrected chi connectivity index (χ1v) is 9.25. The van der Waals surface area contributed by atoms with E-state index in [9.17, 15) is 4.79 Å². The highest BCUT2D eigenvalue weighted by atomic mass is 32.2. The van der Waals surface area contributed by atoms with Crippen molar-refractivity contribution in [3.63, 3.8) is 0 Å². The molecule has 0 radical (unpaired) electrons. The normalized spacial score (nSPS) is 10.5. The average molecular weight is 367 g/mol. The largest absolute Gasteiger partial charge is 0.496 e. The number of rotatable bonds is 7. The van der Waals surface area contributed by atoms with Crippen LogP contribution in [0.1, 0.15) is 5.56 Å². The topological polar surface area (TPSA) is 58.2 Å². The third kappa shape index (κ3) is 4.46. The maximum absolute atomic E-state index is 12.4. The van der Waals surface area contributed by atoms with Gasteiger partial charge >= 0.3 is 0 Å². The van der Waals surface area contributed by atoms with E-state index in [-0.39, 0.29) is 5.91 Å². The van der Waals surface area contributed by atoms with E-state index in [1.54, 1.807) is 25.3 Å². The van der Waals surface area contributed by atoms with E-state index < -0.39 is 0 Å². The molecule has 134 valence electrons. The van der Waals surface area contributed by atoms with E-state index in [0.717, 1.165) is 27.7 Å². The number of nitrogens with one attached hydrogen (secondary N) is 1. The van der Waals surface area contributed by atoms with Crippen molar-refractivity contribution in [1.29, 1.82) is 0 Å². The molecule has 0 aliphatic heterocycles. The van der Waals surface area contributed by atoms with E-state index in [2.05, 4.69) is 9.97 Å². The Morgan fingerprint density at radius 2 is 1.88 bits per heavy atom. The van der Waals surface area contributed by atoms with Gasteiger partial charge in [-0.1, -0.05) is 60.3 Å². The lowest BCUT2D eigenvalue weighted by atomic mass is 10.2. The minimum absolute atomic E-state index is 0.0403. The van der Waals surface area contributed by atoms with E-state index >= 15 is 0 Å². The summed E-state index contributed by atoms with van der Waals surface area (Å²) in [7, 11) is 3.44. The molecule has 0 atom stereocenters. The van der Waals surface area contributed by atoms with Gasteiger partial charge in [0.2, 0.25) is 5.91 Å². The van der Waals surface area contributed by atoms with Crippen molar-refractivity contribution in [2.75, 3.05) is 19.9 Å². The zero-order valence-corrected chi connectivity index (χ0v) is 15.6. The minimum Gasteiger partial charge on any atom is -0.496 e. The van der Waals surface area contributed by atoms with Crippen molar-refractivity contribution in [2.24, 2.45) is 0 Å². The Balaban J connectivity index is 1.56. The maximum Gasteiger partial charge on any atom is 0.233 e. The molecule has 0 unspecified atom stereocenters. The molecule has 1 heterocycles. The Bertz CT molecular complexity index is 864. The first kappa shape index (κ1) is 18.1. The van der Waals surface area contributed by atoms with Crippen LogP contribution in [0.4, 0.5) is 0 Å². The Morgan fingerprint density at radius 1 is 1.15 bits per heavy atom. The minimum atomic E-state index is 0.0403. The molecular formula is C20H21N3O2S. The highest BCUT2D eigenvalue weighted by Crippen LogP contribution is 2.22. The number of para-hydroxylation sites is 1. The Labute approximate surface area is 157 Å². The second-order valence-electron chi connectivity index (χ2n) is 5.82. The molecule has 2 aromatic carbocycles. The van der Waals surface area contributed by atoms with Crippen LogP contribution in [0.25, 0.3) is 11.3 Å². The van der Waals surface area contributed by atoms with E-state index in [1.165, 1.54) is 11.8 Å². The summed E-state index contributed by atoms with van der Waals surface area (Å²) in [6.07, 6.45) is 1.79. The summed E-state index contributed by atoms with van der Waals surface area (Å²) in [5.41, 5.74) is 3.01. The fraction of sp³-hybridized carbons (Fsp3) is 0.200. The Kier molecular flexibility index (Phi) is 5.96. The summed E-state index contributed by atoms with van der Waals surface area (Å²) in [5, 5.41) is 0.739. The van der Waals surface area contributed by atoms with Crippen LogP contribution in [0, 0.1) is 0 Å². The first-order valence-electron chi connectivity index (χ1n) is 8.26. The standard InChI is InChI=1S/C20H21N3O2S/c1-23(13-16-10-6-7-11-18(16)25-2)19(24)14-26-20-21-12-17(22-20)15-8-4-3-5-9-15/h3-12H,13-14H2,1-2H3,(H,21,22). The summed E-state index contributed by atoms with van der Waals surface area (Å²) in [4.78, 5) is 21.7. The van der Waals surface area contributed by atoms with Crippen LogP contribution >= 0.6 is 11.8 Å². The van der Waals surface area contributed by atoms with Crippen molar-refractivity contribution in [2.45, 2.75) is 11.7 Å². The summed E-state index contributed by atoms with van der Waals surface area (Å²) >= 11 is 1.40. The van der Waals surface area contributed by atoms with Crippen molar-refractivity contribution < 1.29 is 9.53 Å². The molecule has 0 fully saturated rings. The van der Waals surface area contributed by atoms with Gasteiger partial charge in [-0.2, -0.15) is 0 Å². The lowest BCUT2D eigenvalue weighted by Crippen LogP contribution is -2.28. The molecule has 5 nitrogen and oxygen atoms in total. The summed E-state index contributed by atoms with van der Waals surface area (Å²) in [5.74, 6) is 1.16. The quantitative estimate of drug-likeness (QED) is 0.645. The van der Waals surface area contributed by atoms with Crippen LogP contribution in [-0.2, 0) is 11.3 Å². The number of thioether (sulfide) groups is 1. The van der Waals surface area contributed by atoms with Crippen molar-refractivity contribution in [3.05, 3.63) is 66.4 Å². The number of benzene rings is 2. The lowest BCUT2D eigenvalue weighted by molar-refractivity contribution is -0.127. The summed E-state index contributed by atoms with van der Waals surface area (Å²) < 4.78 is 5.34. The van der Waals surface area contributed by atoms with Crippen LogP contribution in [0.15, 0.2) is 66.0 Å². The molecule has 1 amide bonds. The molecule has 26 heavy (non-hydrogen) atoms. The number of carbonyl (C=O) groups excluding carboxylic acids is 1. The monoisotopic (exact) mass is 367 g/mol. The van der Waals surface area contributed by atoms with Crippen LogP contribution in [0.5, 0.6) is 5.75 Å². The van der Waals surface area contributed by atoms with Crippen LogP contribution in [0.2, 0.25) is 0 Å². The van der Waals surface area contributed by atoms with Gasteiger partial charge in [0, 0.05) is 19.2 Å². The first-order chi connectivity index (χ1) is 12.7. The Morgan fingerprint density at radius 3 is 2.65 bits per heavy atom. The number of nitrogens with zero attached hydrogens (tertiary/aromatic N) is 2. The van der Waals surface area contributed by atoms with Gasteiger partial charge in [-0.05, 0) is 11.6 Å². The van der Waals surface area contributed by atoms with Gasteiger partial charge in [0.1, 0.15) is 5.75 Å². The number of aromatic amines is 1. The molecule has 0 saturated heterocycles. The predicted octanol–water partition coefficient (Wildman–Crippen LogP) is 3.84. The number of carbonyl (C=O) groups is 1. The van der Waals surface area contributed by atoms with Gasteiger partial charge in [-0.15, -0.1) is 0 Å². The van der Waals surface area contributed by atoms with E-state index in [1.807, 2.05) is 54.6 Å². The summed E-state index contributed by atoms with van der Waals surface area (Å²) in [6, 6.07) is 17.7. The molecule has 3 rings (SSSR count). The number of hydrogen-bond donors (Lipinski definition) is 1. The van der Waals surface area contributed by atoms with Gasteiger partial charge < -0.3 is 14.6 Å². The second kappa shape index (κ2) is 8.58. The number of ether oxygens (including phenoxy) is 1. The van der Waals surface area contributed by atoms with Gasteiger partial charge in [0.05, 0.1) is 24.8 Å². The van der Waals surface area contributed by atoms with E-state index in [0.29, 0.717) is 12.3 Å². The lowest BCUT2D eigenvalue weighted by Gasteiger charge is -2.18. The van der Waals surface area contributed by atoms with Gasteiger partial charge in [0.25, 0.3) is 0 Å². The molecule has 3 aromatic rings. The second-order valence-corrected chi connectivity index (χ2v) is 6.78. The Hall–Kier alpha value is -2.73. The van der Waals surface area contributed by atoms with Crippen LogP contribution < -0.4 is 4.74 Å². The molecule has 0 spiro atoms. The van der Waals surface area contributed by atoms with Crippen molar-refractivity contribution in [3.8, 4) is 17.0 Å². The van der Waals surface area contributed by atoms with Crippen molar-refractivity contribution >= 4 is 17.7 Å². The number of aromatic nitrogens is 2. The predicted molar refractivity (Wildman–Crippen MR) is 104 cm³/mol. The number of methoxy groups -OCH3 is 1. The summed E-state index contributed by atoms with van der Waals surface area (Å²) in [6.45, 7) is 0.511. The molecule has 6 heteroatoms. The SMILES string of the molecule is COc1ccccc1CN(C)C(=O)CSc1ncc(-c2ccccc2)[nH]1. The van der Waals surface area contributed by atoms with Gasteiger partial charge in [-0.3, -0.25) is 4.79 Å². The fourth-order valence-electron chi connectivity index (χ4n) is 2.56.